The van der Waals surface area contributed by atoms with Gasteiger partial charge in [0.15, 0.2) is 16.7 Å². The maximum Gasteiger partial charge on any atom is 0.273 e. The van der Waals surface area contributed by atoms with Gasteiger partial charge >= 0.3 is 0 Å². The van der Waals surface area contributed by atoms with Crippen LogP contribution in [0.3, 0.4) is 0 Å². The summed E-state index contributed by atoms with van der Waals surface area (Å²) >= 11 is 1.20. The summed E-state index contributed by atoms with van der Waals surface area (Å²) in [6, 6.07) is 3.10. The van der Waals surface area contributed by atoms with Gasteiger partial charge in [0, 0.05) is 25.4 Å². The minimum absolute atomic E-state index is 0.216. The van der Waals surface area contributed by atoms with Gasteiger partial charge in [-0.3, -0.25) is 9.59 Å². The Morgan fingerprint density at radius 1 is 1.38 bits per heavy atom. The molecule has 8 heteroatoms. The van der Waals surface area contributed by atoms with Gasteiger partial charge in [-0.15, -0.1) is 11.3 Å². The summed E-state index contributed by atoms with van der Waals surface area (Å²) in [6.07, 6.45) is 0.625. The van der Waals surface area contributed by atoms with Crippen molar-refractivity contribution in [2.45, 2.75) is 19.9 Å². The van der Waals surface area contributed by atoms with E-state index in [2.05, 4.69) is 10.3 Å². The Kier molecular flexibility index (Phi) is 4.48. The molecular weight excluding hydrogens is 333 g/mol. The Bertz CT molecular complexity index is 806. The lowest BCUT2D eigenvalue weighted by molar-refractivity contribution is -0.114. The van der Waals surface area contributed by atoms with E-state index in [1.54, 1.807) is 16.3 Å². The Morgan fingerprint density at radius 2 is 2.17 bits per heavy atom. The third-order valence-corrected chi connectivity index (χ3v) is 4.54. The van der Waals surface area contributed by atoms with Gasteiger partial charge in [-0.1, -0.05) is 0 Å². The van der Waals surface area contributed by atoms with E-state index < -0.39 is 5.82 Å². The summed E-state index contributed by atoms with van der Waals surface area (Å²) in [6.45, 7) is 2.23. The molecule has 24 heavy (non-hydrogen) atoms. The third-order valence-electron chi connectivity index (χ3n) is 3.78. The number of rotatable bonds is 3. The van der Waals surface area contributed by atoms with Crippen LogP contribution in [0.4, 0.5) is 9.52 Å². The molecule has 0 fully saturated rings. The van der Waals surface area contributed by atoms with Crippen LogP contribution in [-0.4, -0.2) is 35.4 Å². The van der Waals surface area contributed by atoms with Crippen molar-refractivity contribution in [3.63, 3.8) is 0 Å². The molecule has 1 aromatic heterocycles. The van der Waals surface area contributed by atoms with Crippen LogP contribution in [0.2, 0.25) is 0 Å². The number of hydrogen-bond donors (Lipinski definition) is 1. The van der Waals surface area contributed by atoms with Crippen LogP contribution in [0.5, 0.6) is 5.75 Å². The average molecular weight is 349 g/mol. The molecule has 0 radical (unpaired) electrons. The normalized spacial score (nSPS) is 13.4. The minimum Gasteiger partial charge on any atom is -0.494 e. The van der Waals surface area contributed by atoms with E-state index in [0.717, 1.165) is 11.1 Å². The second-order valence-electron chi connectivity index (χ2n) is 5.45. The predicted octanol–water partition coefficient (Wildman–Crippen LogP) is 2.45. The van der Waals surface area contributed by atoms with Gasteiger partial charge < -0.3 is 15.0 Å². The van der Waals surface area contributed by atoms with Gasteiger partial charge in [-0.05, 0) is 29.7 Å². The molecule has 2 amide bonds. The van der Waals surface area contributed by atoms with Crippen LogP contribution in [0.1, 0.15) is 28.5 Å². The molecule has 2 heterocycles. The Labute approximate surface area is 142 Å². The zero-order valence-corrected chi connectivity index (χ0v) is 14.1. The van der Waals surface area contributed by atoms with Crippen LogP contribution >= 0.6 is 11.3 Å². The summed E-state index contributed by atoms with van der Waals surface area (Å²) in [5.74, 6) is -0.690. The lowest BCUT2D eigenvalue weighted by Gasteiger charge is -2.28. The number of fused-ring (bicyclic) bond motifs is 1. The van der Waals surface area contributed by atoms with E-state index in [0.29, 0.717) is 24.6 Å². The third kappa shape index (κ3) is 3.23. The number of anilines is 1. The van der Waals surface area contributed by atoms with Crippen molar-refractivity contribution in [1.82, 2.24) is 9.88 Å². The van der Waals surface area contributed by atoms with Crippen LogP contribution in [0.25, 0.3) is 0 Å². The summed E-state index contributed by atoms with van der Waals surface area (Å²) < 4.78 is 18.9. The molecule has 1 aliphatic heterocycles. The summed E-state index contributed by atoms with van der Waals surface area (Å²) in [5.41, 5.74) is 2.03. The number of methoxy groups -OCH3 is 1. The van der Waals surface area contributed by atoms with E-state index in [9.17, 15) is 14.0 Å². The van der Waals surface area contributed by atoms with E-state index in [1.165, 1.54) is 31.4 Å². The van der Waals surface area contributed by atoms with Crippen molar-refractivity contribution in [3.8, 4) is 5.75 Å². The van der Waals surface area contributed by atoms with E-state index in [4.69, 9.17) is 4.74 Å². The van der Waals surface area contributed by atoms with Crippen molar-refractivity contribution in [2.24, 2.45) is 0 Å². The molecule has 1 aliphatic rings. The predicted molar refractivity (Wildman–Crippen MR) is 87.8 cm³/mol. The summed E-state index contributed by atoms with van der Waals surface area (Å²) in [5, 5.41) is 4.55. The number of nitrogens with one attached hydrogen (secondary N) is 1. The number of amides is 2. The maximum atomic E-state index is 13.9. The molecule has 0 aliphatic carbocycles. The maximum absolute atomic E-state index is 13.9. The number of benzene rings is 1. The van der Waals surface area contributed by atoms with Gasteiger partial charge in [0.25, 0.3) is 5.91 Å². The quantitative estimate of drug-likeness (QED) is 0.924. The molecule has 126 valence electrons. The second-order valence-corrected chi connectivity index (χ2v) is 6.31. The van der Waals surface area contributed by atoms with E-state index >= 15 is 0 Å². The number of thiazole rings is 1. The smallest absolute Gasteiger partial charge is 0.273 e. The molecule has 3 rings (SSSR count). The van der Waals surface area contributed by atoms with Crippen molar-refractivity contribution >= 4 is 28.3 Å². The second kappa shape index (κ2) is 6.56. The molecule has 0 saturated heterocycles. The van der Waals surface area contributed by atoms with Gasteiger partial charge in [-0.25, -0.2) is 9.37 Å². The number of aromatic nitrogens is 1. The van der Waals surface area contributed by atoms with Crippen molar-refractivity contribution < 1.29 is 18.7 Å². The Morgan fingerprint density at radius 3 is 2.88 bits per heavy atom. The van der Waals surface area contributed by atoms with Crippen molar-refractivity contribution in [1.29, 1.82) is 0 Å². The lowest BCUT2D eigenvalue weighted by Crippen LogP contribution is -2.36. The molecule has 2 aromatic rings. The monoisotopic (exact) mass is 349 g/mol. The van der Waals surface area contributed by atoms with Gasteiger partial charge in [0.1, 0.15) is 5.69 Å². The number of nitrogens with zero attached hydrogens (tertiary/aromatic N) is 2. The van der Waals surface area contributed by atoms with Gasteiger partial charge in [-0.2, -0.15) is 0 Å². The molecule has 1 N–H and O–H groups in total. The summed E-state index contributed by atoms with van der Waals surface area (Å²) in [4.78, 5) is 29.3. The first-order valence-electron chi connectivity index (χ1n) is 7.35. The molecule has 0 unspecified atom stereocenters. The van der Waals surface area contributed by atoms with E-state index in [-0.39, 0.29) is 23.3 Å². The first-order valence-corrected chi connectivity index (χ1v) is 8.23. The van der Waals surface area contributed by atoms with Crippen molar-refractivity contribution in [3.05, 3.63) is 40.2 Å². The number of carbonyl (C=O) groups excluding carboxylic acids is 2. The summed E-state index contributed by atoms with van der Waals surface area (Å²) in [7, 11) is 1.43. The molecule has 0 saturated carbocycles. The highest BCUT2D eigenvalue weighted by molar-refractivity contribution is 7.14. The molecule has 1 aromatic carbocycles. The largest absolute Gasteiger partial charge is 0.494 e. The van der Waals surface area contributed by atoms with Crippen LogP contribution in [-0.2, 0) is 17.8 Å². The first kappa shape index (κ1) is 16.4. The zero-order chi connectivity index (χ0) is 17.3. The van der Waals surface area contributed by atoms with Crippen LogP contribution in [0.15, 0.2) is 17.5 Å². The topological polar surface area (TPSA) is 71.5 Å². The fourth-order valence-corrected chi connectivity index (χ4v) is 3.36. The van der Waals surface area contributed by atoms with Gasteiger partial charge in [0.05, 0.1) is 7.11 Å². The van der Waals surface area contributed by atoms with Crippen LogP contribution in [0, 0.1) is 5.82 Å². The molecule has 0 spiro atoms. The van der Waals surface area contributed by atoms with E-state index in [1.807, 2.05) is 0 Å². The number of halogens is 1. The fourth-order valence-electron chi connectivity index (χ4n) is 2.63. The SMILES string of the molecule is COc1cc2c(cc1F)CN(C(=O)c1csc(NC(C)=O)n1)CC2. The lowest BCUT2D eigenvalue weighted by atomic mass is 9.99. The van der Waals surface area contributed by atoms with Crippen LogP contribution < -0.4 is 10.1 Å². The molecule has 0 bridgehead atoms. The first-order chi connectivity index (χ1) is 11.5. The Hall–Kier alpha value is -2.48. The standard InChI is InChI=1S/C16H16FN3O3S/c1-9(21)18-16-19-13(8-24-16)15(22)20-4-3-10-6-14(23-2)12(17)5-11(10)7-20/h5-6,8H,3-4,7H2,1-2H3,(H,18,19,21). The highest BCUT2D eigenvalue weighted by Gasteiger charge is 2.25. The van der Waals surface area contributed by atoms with Gasteiger partial charge in [0.2, 0.25) is 5.91 Å². The molecule has 0 atom stereocenters. The molecule has 6 nitrogen and oxygen atoms in total. The van der Waals surface area contributed by atoms with Crippen molar-refractivity contribution in [2.75, 3.05) is 19.0 Å². The highest BCUT2D eigenvalue weighted by Crippen LogP contribution is 2.28. The average Bonchev–Trinajstić information content (AvgIpc) is 3.00. The highest BCUT2D eigenvalue weighted by atomic mass is 32.1. The number of carbonyl (C=O) groups is 2. The Balaban J connectivity index is 1.77. The zero-order valence-electron chi connectivity index (χ0n) is 13.3. The molecular formula is C16H16FN3O3S. The number of ether oxygens (including phenoxy) is 1. The fraction of sp³-hybridized carbons (Fsp3) is 0.312. The number of hydrogen-bond acceptors (Lipinski definition) is 5. The minimum atomic E-state index is -0.438.